The molecule has 0 aliphatic rings. The maximum absolute atomic E-state index is 13.2. The Kier molecular flexibility index (Phi) is 5.83. The maximum atomic E-state index is 13.2. The number of carbonyl (C=O) groups is 1. The number of ketones is 1. The zero-order chi connectivity index (χ0) is 13.5. The third-order valence-electron chi connectivity index (χ3n) is 2.92. The number of methoxy groups -OCH3 is 1. The van der Waals surface area contributed by atoms with Crippen LogP contribution in [0.25, 0.3) is 0 Å². The molecular weight excluding hydrogens is 231 g/mol. The van der Waals surface area contributed by atoms with Crippen LogP contribution >= 0.6 is 0 Å². The number of rotatable bonds is 7. The molecule has 1 rings (SSSR count). The fourth-order valence-electron chi connectivity index (χ4n) is 2.12. The van der Waals surface area contributed by atoms with E-state index in [1.54, 1.807) is 13.2 Å². The van der Waals surface area contributed by atoms with Crippen LogP contribution in [0.2, 0.25) is 0 Å². The molecule has 0 aliphatic carbocycles. The Hall–Kier alpha value is -1.38. The monoisotopic (exact) mass is 252 g/mol. The molecule has 1 unspecified atom stereocenters. The van der Waals surface area contributed by atoms with Gasteiger partial charge in [0.1, 0.15) is 17.3 Å². The highest BCUT2D eigenvalue weighted by atomic mass is 19.1. The zero-order valence-corrected chi connectivity index (χ0v) is 11.3. The van der Waals surface area contributed by atoms with Gasteiger partial charge in [-0.15, -0.1) is 0 Å². The van der Waals surface area contributed by atoms with Gasteiger partial charge in [0.15, 0.2) is 0 Å². The largest absolute Gasteiger partial charge is 0.496 e. The number of ether oxygens (including phenoxy) is 1. The van der Waals surface area contributed by atoms with Gasteiger partial charge < -0.3 is 4.74 Å². The molecule has 0 saturated carbocycles. The second kappa shape index (κ2) is 7.14. The topological polar surface area (TPSA) is 26.3 Å². The van der Waals surface area contributed by atoms with Crippen LogP contribution < -0.4 is 4.74 Å². The molecule has 0 saturated heterocycles. The van der Waals surface area contributed by atoms with Crippen molar-refractivity contribution < 1.29 is 13.9 Å². The van der Waals surface area contributed by atoms with E-state index in [2.05, 4.69) is 0 Å². The van der Waals surface area contributed by atoms with E-state index in [1.807, 2.05) is 13.8 Å². The number of Topliss-reactive ketones (excluding diaryl/α,β-unsaturated/α-hetero) is 1. The Bertz CT molecular complexity index is 401. The van der Waals surface area contributed by atoms with Gasteiger partial charge in [-0.1, -0.05) is 13.8 Å². The van der Waals surface area contributed by atoms with Crippen molar-refractivity contribution in [3.8, 4) is 5.75 Å². The molecule has 1 aromatic rings. The first-order valence-corrected chi connectivity index (χ1v) is 6.41. The first-order chi connectivity index (χ1) is 8.56. The van der Waals surface area contributed by atoms with Gasteiger partial charge in [-0.3, -0.25) is 4.79 Å². The van der Waals surface area contributed by atoms with Crippen LogP contribution in [-0.2, 0) is 11.2 Å². The van der Waals surface area contributed by atoms with Crippen LogP contribution in [0.1, 0.15) is 38.7 Å². The van der Waals surface area contributed by atoms with Gasteiger partial charge >= 0.3 is 0 Å². The van der Waals surface area contributed by atoms with Gasteiger partial charge in [0.2, 0.25) is 0 Å². The molecule has 0 aliphatic heterocycles. The van der Waals surface area contributed by atoms with Crippen LogP contribution in [0.15, 0.2) is 18.2 Å². The summed E-state index contributed by atoms with van der Waals surface area (Å²) in [6, 6.07) is 4.50. The van der Waals surface area contributed by atoms with E-state index in [-0.39, 0.29) is 17.5 Å². The summed E-state index contributed by atoms with van der Waals surface area (Å²) in [5.74, 6) is 0.907. The average Bonchev–Trinajstić information content (AvgIpc) is 2.29. The molecular formula is C15H21FO2. The summed E-state index contributed by atoms with van der Waals surface area (Å²) in [5.41, 5.74) is 0.828. The lowest BCUT2D eigenvalue weighted by Gasteiger charge is -2.13. The van der Waals surface area contributed by atoms with E-state index in [4.69, 9.17) is 4.74 Å². The molecule has 2 nitrogen and oxygen atoms in total. The van der Waals surface area contributed by atoms with Crippen molar-refractivity contribution in [3.05, 3.63) is 29.6 Å². The SMILES string of the molecule is CCCC(=O)CC(C)Cc1cc(F)ccc1OC. The molecule has 1 aromatic carbocycles. The summed E-state index contributed by atoms with van der Waals surface area (Å²) in [5, 5.41) is 0. The molecule has 1 atom stereocenters. The van der Waals surface area contributed by atoms with Crippen LogP contribution in [-0.4, -0.2) is 12.9 Å². The van der Waals surface area contributed by atoms with Crippen molar-refractivity contribution in [1.82, 2.24) is 0 Å². The maximum Gasteiger partial charge on any atom is 0.133 e. The predicted molar refractivity (Wildman–Crippen MR) is 70.4 cm³/mol. The summed E-state index contributed by atoms with van der Waals surface area (Å²) in [4.78, 5) is 11.6. The van der Waals surface area contributed by atoms with Gasteiger partial charge in [0.05, 0.1) is 7.11 Å². The smallest absolute Gasteiger partial charge is 0.133 e. The summed E-state index contributed by atoms with van der Waals surface area (Å²) in [6.07, 6.45) is 2.73. The Morgan fingerprint density at radius 2 is 2.17 bits per heavy atom. The second-order valence-corrected chi connectivity index (χ2v) is 4.76. The summed E-state index contributed by atoms with van der Waals surface area (Å²) >= 11 is 0. The fraction of sp³-hybridized carbons (Fsp3) is 0.533. The number of benzene rings is 1. The van der Waals surface area contributed by atoms with Crippen molar-refractivity contribution in [1.29, 1.82) is 0 Å². The lowest BCUT2D eigenvalue weighted by Crippen LogP contribution is -2.08. The van der Waals surface area contributed by atoms with Crippen LogP contribution in [0, 0.1) is 11.7 Å². The minimum atomic E-state index is -0.266. The standard InChI is InChI=1S/C15H21FO2/c1-4-5-14(17)9-11(2)8-12-10-13(16)6-7-15(12)18-3/h6-7,10-11H,4-5,8-9H2,1-3H3. The summed E-state index contributed by atoms with van der Waals surface area (Å²) in [7, 11) is 1.57. The predicted octanol–water partition coefficient (Wildman–Crippen LogP) is 3.77. The third-order valence-corrected chi connectivity index (χ3v) is 2.92. The zero-order valence-electron chi connectivity index (χ0n) is 11.3. The first-order valence-electron chi connectivity index (χ1n) is 6.41. The number of carbonyl (C=O) groups excluding carboxylic acids is 1. The van der Waals surface area contributed by atoms with Gasteiger partial charge in [-0.25, -0.2) is 4.39 Å². The molecule has 0 N–H and O–H groups in total. The van der Waals surface area contributed by atoms with Crippen LogP contribution in [0.3, 0.4) is 0 Å². The van der Waals surface area contributed by atoms with Gasteiger partial charge in [0, 0.05) is 12.8 Å². The molecule has 0 radical (unpaired) electrons. The van der Waals surface area contributed by atoms with Crippen LogP contribution in [0.5, 0.6) is 5.75 Å². The van der Waals surface area contributed by atoms with E-state index in [0.29, 0.717) is 25.0 Å². The molecule has 0 fully saturated rings. The number of hydrogen-bond acceptors (Lipinski definition) is 2. The Labute approximate surface area is 108 Å². The van der Waals surface area contributed by atoms with Crippen molar-refractivity contribution in [2.75, 3.05) is 7.11 Å². The highest BCUT2D eigenvalue weighted by Crippen LogP contribution is 2.23. The quantitative estimate of drug-likeness (QED) is 0.738. The Morgan fingerprint density at radius 3 is 2.78 bits per heavy atom. The Morgan fingerprint density at radius 1 is 1.44 bits per heavy atom. The molecule has 0 heterocycles. The molecule has 100 valence electrons. The van der Waals surface area contributed by atoms with Gasteiger partial charge in [-0.2, -0.15) is 0 Å². The molecule has 0 spiro atoms. The molecule has 0 aromatic heterocycles. The first kappa shape index (κ1) is 14.7. The average molecular weight is 252 g/mol. The van der Waals surface area contributed by atoms with E-state index >= 15 is 0 Å². The van der Waals surface area contributed by atoms with E-state index in [0.717, 1.165) is 12.0 Å². The molecule has 0 bridgehead atoms. The number of hydrogen-bond donors (Lipinski definition) is 0. The minimum absolute atomic E-state index is 0.208. The van der Waals surface area contributed by atoms with Gasteiger partial charge in [0.25, 0.3) is 0 Å². The normalized spacial score (nSPS) is 12.2. The third kappa shape index (κ3) is 4.47. The van der Waals surface area contributed by atoms with E-state index in [1.165, 1.54) is 12.1 Å². The van der Waals surface area contributed by atoms with Crippen LogP contribution in [0.4, 0.5) is 4.39 Å². The molecule has 18 heavy (non-hydrogen) atoms. The Balaban J connectivity index is 2.66. The highest BCUT2D eigenvalue weighted by molar-refractivity contribution is 5.78. The highest BCUT2D eigenvalue weighted by Gasteiger charge is 2.12. The fourth-order valence-corrected chi connectivity index (χ4v) is 2.12. The van der Waals surface area contributed by atoms with Crippen molar-refractivity contribution in [3.63, 3.8) is 0 Å². The lowest BCUT2D eigenvalue weighted by atomic mass is 9.94. The van der Waals surface area contributed by atoms with Crippen molar-refractivity contribution in [2.45, 2.75) is 39.5 Å². The van der Waals surface area contributed by atoms with Crippen molar-refractivity contribution >= 4 is 5.78 Å². The lowest BCUT2D eigenvalue weighted by molar-refractivity contribution is -0.119. The van der Waals surface area contributed by atoms with Gasteiger partial charge in [-0.05, 0) is 42.5 Å². The van der Waals surface area contributed by atoms with E-state index in [9.17, 15) is 9.18 Å². The molecule has 3 heteroatoms. The second-order valence-electron chi connectivity index (χ2n) is 4.76. The van der Waals surface area contributed by atoms with E-state index < -0.39 is 0 Å². The minimum Gasteiger partial charge on any atom is -0.496 e. The summed E-state index contributed by atoms with van der Waals surface area (Å²) in [6.45, 7) is 4.01. The van der Waals surface area contributed by atoms with Crippen molar-refractivity contribution in [2.24, 2.45) is 5.92 Å². The molecule has 0 amide bonds. The number of halogens is 1. The summed E-state index contributed by atoms with van der Waals surface area (Å²) < 4.78 is 18.4.